The van der Waals surface area contributed by atoms with E-state index in [9.17, 15) is 0 Å². The minimum atomic E-state index is -1.50. The molecule has 0 aliphatic rings. The zero-order valence-corrected chi connectivity index (χ0v) is 22.3. The van der Waals surface area contributed by atoms with Gasteiger partial charge in [-0.2, -0.15) is 0 Å². The summed E-state index contributed by atoms with van der Waals surface area (Å²) >= 11 is 0. The number of nitrogens with zero attached hydrogens (tertiary/aromatic N) is 1. The maximum absolute atomic E-state index is 6.44. The van der Waals surface area contributed by atoms with E-state index in [4.69, 9.17) is 8.85 Å². The molecular weight excluding hydrogens is 422 g/mol. The van der Waals surface area contributed by atoms with Crippen LogP contribution >= 0.6 is 0 Å². The maximum Gasteiger partial charge on any atom is 0.423 e. The van der Waals surface area contributed by atoms with Crippen LogP contribution in [0.2, 0.25) is 0 Å². The van der Waals surface area contributed by atoms with Crippen LogP contribution in [0.25, 0.3) is 5.57 Å². The van der Waals surface area contributed by atoms with Crippen LogP contribution < -0.4 is 5.19 Å². The molecular formula is C29H44NO2Si. The van der Waals surface area contributed by atoms with Crippen molar-refractivity contribution in [3.8, 4) is 0 Å². The van der Waals surface area contributed by atoms with Gasteiger partial charge in [0, 0.05) is 12.7 Å². The lowest BCUT2D eigenvalue weighted by molar-refractivity contribution is 0.145. The second-order valence-corrected chi connectivity index (χ2v) is 10.4. The molecule has 2 aromatic rings. The predicted molar refractivity (Wildman–Crippen MR) is 144 cm³/mol. The summed E-state index contributed by atoms with van der Waals surface area (Å²) in [6.45, 7) is 17.3. The highest BCUT2D eigenvalue weighted by molar-refractivity contribution is 6.61. The molecule has 4 heteroatoms. The van der Waals surface area contributed by atoms with Crippen molar-refractivity contribution in [1.82, 2.24) is 4.90 Å². The average Bonchev–Trinajstić information content (AvgIpc) is 2.85. The van der Waals surface area contributed by atoms with Crippen molar-refractivity contribution in [2.45, 2.75) is 72.3 Å². The minimum Gasteiger partial charge on any atom is -0.390 e. The number of benzene rings is 2. The van der Waals surface area contributed by atoms with Gasteiger partial charge in [0.2, 0.25) is 0 Å². The van der Waals surface area contributed by atoms with E-state index in [2.05, 4.69) is 68.6 Å². The van der Waals surface area contributed by atoms with E-state index in [-0.39, 0.29) is 6.10 Å². The highest BCUT2D eigenvalue weighted by Crippen LogP contribution is 2.20. The molecule has 0 heterocycles. The Morgan fingerprint density at radius 2 is 1.42 bits per heavy atom. The first-order valence-corrected chi connectivity index (χ1v) is 14.1. The summed E-state index contributed by atoms with van der Waals surface area (Å²) in [5.74, 6) is 0. The molecule has 0 saturated carbocycles. The molecule has 3 nitrogen and oxygen atoms in total. The van der Waals surface area contributed by atoms with Crippen molar-refractivity contribution in [2.75, 3.05) is 26.2 Å². The Labute approximate surface area is 204 Å². The third kappa shape index (κ3) is 9.97. The topological polar surface area (TPSA) is 21.7 Å². The van der Waals surface area contributed by atoms with Gasteiger partial charge in [-0.1, -0.05) is 87.9 Å². The smallest absolute Gasteiger partial charge is 0.390 e. The lowest BCUT2D eigenvalue weighted by atomic mass is 10.00. The molecule has 0 bridgehead atoms. The van der Waals surface area contributed by atoms with Gasteiger partial charge in [0.15, 0.2) is 0 Å². The summed E-state index contributed by atoms with van der Waals surface area (Å²) in [4.78, 5) is 2.63. The minimum absolute atomic E-state index is 0.198. The third-order valence-corrected chi connectivity index (χ3v) is 7.89. The number of rotatable bonds is 17. The van der Waals surface area contributed by atoms with Crippen LogP contribution in [0.3, 0.4) is 0 Å². The van der Waals surface area contributed by atoms with E-state index in [1.165, 1.54) is 51.7 Å². The molecule has 0 saturated heterocycles. The Bertz CT molecular complexity index is 770. The molecule has 1 radical (unpaired) electrons. The number of unbranched alkanes of at least 4 members (excludes halogenated alkanes) is 2. The lowest BCUT2D eigenvalue weighted by Gasteiger charge is -2.24. The average molecular weight is 467 g/mol. The van der Waals surface area contributed by atoms with Crippen LogP contribution in [-0.2, 0) is 8.85 Å². The molecule has 181 valence electrons. The van der Waals surface area contributed by atoms with Gasteiger partial charge in [0.05, 0.1) is 0 Å². The summed E-state index contributed by atoms with van der Waals surface area (Å²) in [5.41, 5.74) is 3.32. The van der Waals surface area contributed by atoms with E-state index in [0.717, 1.165) is 28.3 Å². The molecule has 0 aliphatic carbocycles. The monoisotopic (exact) mass is 466 g/mol. The molecule has 2 rings (SSSR count). The molecule has 1 atom stereocenters. The summed E-state index contributed by atoms with van der Waals surface area (Å²) < 4.78 is 12.5. The molecule has 0 spiro atoms. The first kappa shape index (κ1) is 27.5. The van der Waals surface area contributed by atoms with Crippen LogP contribution in [0.1, 0.15) is 77.3 Å². The molecule has 1 unspecified atom stereocenters. The predicted octanol–water partition coefficient (Wildman–Crippen LogP) is 6.57. The van der Waals surface area contributed by atoms with Gasteiger partial charge in [-0.3, -0.25) is 0 Å². The Morgan fingerprint density at radius 1 is 0.848 bits per heavy atom. The normalized spacial score (nSPS) is 12.4. The van der Waals surface area contributed by atoms with Crippen LogP contribution in [0.15, 0.2) is 61.2 Å². The summed E-state index contributed by atoms with van der Waals surface area (Å²) in [7, 11) is -1.50. The summed E-state index contributed by atoms with van der Waals surface area (Å²) in [6.07, 6.45) is 7.55. The van der Waals surface area contributed by atoms with Gasteiger partial charge in [-0.05, 0) is 81.1 Å². The van der Waals surface area contributed by atoms with Gasteiger partial charge in [-0.25, -0.2) is 0 Å². The second kappa shape index (κ2) is 16.0. The van der Waals surface area contributed by atoms with E-state index >= 15 is 0 Å². The van der Waals surface area contributed by atoms with Crippen molar-refractivity contribution in [2.24, 2.45) is 0 Å². The molecule has 33 heavy (non-hydrogen) atoms. The van der Waals surface area contributed by atoms with Gasteiger partial charge < -0.3 is 13.8 Å². The Kier molecular flexibility index (Phi) is 13.3. The van der Waals surface area contributed by atoms with E-state index < -0.39 is 9.28 Å². The third-order valence-electron chi connectivity index (χ3n) is 5.92. The molecule has 0 amide bonds. The molecule has 0 aliphatic heterocycles. The highest BCUT2D eigenvalue weighted by atomic mass is 28.3. The van der Waals surface area contributed by atoms with Gasteiger partial charge in [0.25, 0.3) is 0 Å². The fourth-order valence-electron chi connectivity index (χ4n) is 3.87. The fraction of sp³-hybridized carbons (Fsp3) is 0.517. The van der Waals surface area contributed by atoms with Crippen molar-refractivity contribution in [1.29, 1.82) is 0 Å². The van der Waals surface area contributed by atoms with Crippen LogP contribution in [0.5, 0.6) is 0 Å². The van der Waals surface area contributed by atoms with Crippen molar-refractivity contribution < 1.29 is 8.85 Å². The van der Waals surface area contributed by atoms with Crippen molar-refractivity contribution >= 4 is 20.0 Å². The summed E-state index contributed by atoms with van der Waals surface area (Å²) in [5, 5.41) is 1.16. The Hall–Kier alpha value is -1.72. The number of hydrogen-bond acceptors (Lipinski definition) is 3. The SMILES string of the molecule is C=C(c1ccccc1)c1ccc([Si](OCC)OC(C)CCCN(CCCC)CCCC)cc1. The van der Waals surface area contributed by atoms with Crippen LogP contribution in [0.4, 0.5) is 0 Å². The quantitative estimate of drug-likeness (QED) is 0.246. The fourth-order valence-corrected chi connectivity index (χ4v) is 5.43. The maximum atomic E-state index is 6.44. The van der Waals surface area contributed by atoms with Crippen LogP contribution in [0, 0.1) is 0 Å². The zero-order valence-electron chi connectivity index (χ0n) is 21.3. The second-order valence-electron chi connectivity index (χ2n) is 8.76. The highest BCUT2D eigenvalue weighted by Gasteiger charge is 2.22. The van der Waals surface area contributed by atoms with Crippen molar-refractivity contribution in [3.63, 3.8) is 0 Å². The standard InChI is InChI=1S/C29H44NO2Si/c1-6-9-22-30(23-10-7-2)24-14-15-25(4)32-33(31-8-3)29-20-18-28(19-21-29)26(5)27-16-12-11-13-17-27/h11-13,16-21,25H,5-10,14-15,22-24H2,1-4H3. The Balaban J connectivity index is 1.90. The lowest BCUT2D eigenvalue weighted by Crippen LogP contribution is -2.39. The van der Waals surface area contributed by atoms with E-state index in [1.807, 2.05) is 25.1 Å². The van der Waals surface area contributed by atoms with E-state index in [1.54, 1.807) is 0 Å². The largest absolute Gasteiger partial charge is 0.423 e. The van der Waals surface area contributed by atoms with Crippen LogP contribution in [-0.4, -0.2) is 46.5 Å². The van der Waals surface area contributed by atoms with Crippen molar-refractivity contribution in [3.05, 3.63) is 72.3 Å². The molecule has 2 aromatic carbocycles. The van der Waals surface area contributed by atoms with Gasteiger partial charge in [-0.15, -0.1) is 0 Å². The van der Waals surface area contributed by atoms with Gasteiger partial charge >= 0.3 is 9.28 Å². The van der Waals surface area contributed by atoms with Gasteiger partial charge in [0.1, 0.15) is 0 Å². The Morgan fingerprint density at radius 3 is 2.00 bits per heavy atom. The summed E-state index contributed by atoms with van der Waals surface area (Å²) in [6, 6.07) is 18.9. The zero-order chi connectivity index (χ0) is 23.9. The number of hydrogen-bond donors (Lipinski definition) is 0. The molecule has 0 fully saturated rings. The van der Waals surface area contributed by atoms with E-state index in [0.29, 0.717) is 6.61 Å². The molecule has 0 aromatic heterocycles. The first-order chi connectivity index (χ1) is 16.1. The first-order valence-electron chi connectivity index (χ1n) is 12.8. The molecule has 0 N–H and O–H groups in total.